The Kier molecular flexibility index (Phi) is 6.62. The monoisotopic (exact) mass is 255 g/mol. The molecule has 3 N–H and O–H groups in total. The van der Waals surface area contributed by atoms with E-state index in [1.807, 2.05) is 23.9 Å². The second-order valence-electron chi connectivity index (χ2n) is 3.71. The van der Waals surface area contributed by atoms with Gasteiger partial charge in [0.2, 0.25) is 5.88 Å². The predicted molar refractivity (Wildman–Crippen MR) is 75.9 cm³/mol. The molecule has 0 aliphatic heterocycles. The predicted octanol–water partition coefficient (Wildman–Crippen LogP) is 2.62. The first kappa shape index (κ1) is 14.0. The number of nitrogens with zero attached hydrogens (tertiary/aromatic N) is 1. The molecule has 1 heterocycles. The van der Waals surface area contributed by atoms with Gasteiger partial charge < -0.3 is 15.8 Å². The van der Waals surface area contributed by atoms with Crippen LogP contribution in [0.5, 0.6) is 5.88 Å². The van der Waals surface area contributed by atoms with Crippen molar-refractivity contribution in [3.63, 3.8) is 0 Å². The smallest absolute Gasteiger partial charge is 0.239 e. The first-order chi connectivity index (χ1) is 8.27. The molecular weight excluding hydrogens is 234 g/mol. The molecule has 0 aromatic carbocycles. The Hall–Kier alpha value is -1.10. The molecule has 0 bridgehead atoms. The number of anilines is 2. The van der Waals surface area contributed by atoms with Crippen molar-refractivity contribution in [3.05, 3.63) is 12.1 Å². The van der Waals surface area contributed by atoms with E-state index in [1.54, 1.807) is 0 Å². The molecule has 96 valence electrons. The minimum absolute atomic E-state index is 0.529. The Balaban J connectivity index is 2.49. The third-order valence-corrected chi connectivity index (χ3v) is 2.86. The highest BCUT2D eigenvalue weighted by Gasteiger charge is 2.03. The molecule has 1 aromatic rings. The minimum Gasteiger partial charge on any atom is -0.476 e. The first-order valence-electron chi connectivity index (χ1n) is 5.90. The third-order valence-electron chi connectivity index (χ3n) is 2.16. The van der Waals surface area contributed by atoms with Gasteiger partial charge in [0.25, 0.3) is 0 Å². The fourth-order valence-corrected chi connectivity index (χ4v) is 1.73. The number of hydrogen-bond acceptors (Lipinski definition) is 5. The van der Waals surface area contributed by atoms with Crippen LogP contribution in [0.2, 0.25) is 0 Å². The van der Waals surface area contributed by atoms with Crippen LogP contribution in [0.1, 0.15) is 19.8 Å². The van der Waals surface area contributed by atoms with Gasteiger partial charge in [-0.1, -0.05) is 6.92 Å². The van der Waals surface area contributed by atoms with Gasteiger partial charge in [-0.05, 0) is 37.0 Å². The summed E-state index contributed by atoms with van der Waals surface area (Å²) in [6, 6.07) is 3.71. The van der Waals surface area contributed by atoms with Gasteiger partial charge in [0.05, 0.1) is 12.3 Å². The summed E-state index contributed by atoms with van der Waals surface area (Å²) in [5.41, 5.74) is 6.38. The molecule has 0 saturated carbocycles. The van der Waals surface area contributed by atoms with Crippen molar-refractivity contribution in [1.82, 2.24) is 4.98 Å². The summed E-state index contributed by atoms with van der Waals surface area (Å²) in [7, 11) is 0. The number of hydrogen-bond donors (Lipinski definition) is 2. The van der Waals surface area contributed by atoms with Crippen LogP contribution in [-0.2, 0) is 0 Å². The maximum absolute atomic E-state index is 5.79. The highest BCUT2D eigenvalue weighted by atomic mass is 32.2. The lowest BCUT2D eigenvalue weighted by Crippen LogP contribution is -2.07. The zero-order chi connectivity index (χ0) is 12.5. The van der Waals surface area contributed by atoms with E-state index >= 15 is 0 Å². The average Bonchev–Trinajstić information content (AvgIpc) is 2.35. The van der Waals surface area contributed by atoms with Gasteiger partial charge in [-0.25, -0.2) is 0 Å². The second kappa shape index (κ2) is 8.06. The number of rotatable bonds is 8. The Morgan fingerprint density at radius 3 is 3.00 bits per heavy atom. The fourth-order valence-electron chi connectivity index (χ4n) is 1.30. The fraction of sp³-hybridized carbons (Fsp3) is 0.583. The minimum atomic E-state index is 0.529. The average molecular weight is 255 g/mol. The van der Waals surface area contributed by atoms with Crippen molar-refractivity contribution in [2.45, 2.75) is 19.8 Å². The molecule has 0 radical (unpaired) electrons. The standard InChI is InChI=1S/C12H21N3OS/c1-3-8-16-12-10(13)5-6-11(15-12)14-7-4-9-17-2/h5-6H,3-4,7-9,13H2,1-2H3,(H,14,15). The summed E-state index contributed by atoms with van der Waals surface area (Å²) >= 11 is 1.85. The van der Waals surface area contributed by atoms with E-state index in [4.69, 9.17) is 10.5 Å². The van der Waals surface area contributed by atoms with Gasteiger partial charge in [0, 0.05) is 6.54 Å². The van der Waals surface area contributed by atoms with Crippen molar-refractivity contribution in [3.8, 4) is 5.88 Å². The van der Waals surface area contributed by atoms with Crippen molar-refractivity contribution in [2.24, 2.45) is 0 Å². The summed E-state index contributed by atoms with van der Waals surface area (Å²) in [6.45, 7) is 3.62. The molecule has 0 fully saturated rings. The lowest BCUT2D eigenvalue weighted by atomic mass is 10.4. The van der Waals surface area contributed by atoms with E-state index in [1.165, 1.54) is 0 Å². The number of nitrogen functional groups attached to an aromatic ring is 1. The molecule has 0 aliphatic carbocycles. The van der Waals surface area contributed by atoms with Crippen LogP contribution in [0.4, 0.5) is 11.5 Å². The van der Waals surface area contributed by atoms with Crippen molar-refractivity contribution in [1.29, 1.82) is 0 Å². The van der Waals surface area contributed by atoms with Gasteiger partial charge >= 0.3 is 0 Å². The van der Waals surface area contributed by atoms with E-state index in [2.05, 4.69) is 23.5 Å². The van der Waals surface area contributed by atoms with E-state index in [9.17, 15) is 0 Å². The van der Waals surface area contributed by atoms with E-state index in [0.29, 0.717) is 18.2 Å². The molecule has 0 spiro atoms. The molecule has 0 saturated heterocycles. The molecule has 17 heavy (non-hydrogen) atoms. The number of nitrogens with two attached hydrogens (primary N) is 1. The van der Waals surface area contributed by atoms with Gasteiger partial charge in [0.15, 0.2) is 0 Å². The molecule has 0 aliphatic rings. The van der Waals surface area contributed by atoms with Crippen LogP contribution < -0.4 is 15.8 Å². The number of pyridine rings is 1. The lowest BCUT2D eigenvalue weighted by Gasteiger charge is -2.10. The lowest BCUT2D eigenvalue weighted by molar-refractivity contribution is 0.307. The van der Waals surface area contributed by atoms with Gasteiger partial charge in [-0.15, -0.1) is 0 Å². The van der Waals surface area contributed by atoms with Crippen LogP contribution >= 0.6 is 11.8 Å². The van der Waals surface area contributed by atoms with Crippen LogP contribution in [0.3, 0.4) is 0 Å². The Morgan fingerprint density at radius 1 is 1.47 bits per heavy atom. The summed E-state index contributed by atoms with van der Waals surface area (Å²) in [5.74, 6) is 2.51. The summed E-state index contributed by atoms with van der Waals surface area (Å²) < 4.78 is 5.47. The van der Waals surface area contributed by atoms with E-state index in [0.717, 1.165) is 31.0 Å². The van der Waals surface area contributed by atoms with Crippen molar-refractivity contribution in [2.75, 3.05) is 36.2 Å². The van der Waals surface area contributed by atoms with E-state index < -0.39 is 0 Å². The van der Waals surface area contributed by atoms with Crippen molar-refractivity contribution >= 4 is 23.3 Å². The molecule has 0 amide bonds. The van der Waals surface area contributed by atoms with Crippen LogP contribution in [0, 0.1) is 0 Å². The molecule has 0 atom stereocenters. The highest BCUT2D eigenvalue weighted by Crippen LogP contribution is 2.20. The Morgan fingerprint density at radius 2 is 2.29 bits per heavy atom. The van der Waals surface area contributed by atoms with Crippen molar-refractivity contribution < 1.29 is 4.74 Å². The Labute approximate surface area is 107 Å². The van der Waals surface area contributed by atoms with Gasteiger partial charge in [-0.2, -0.15) is 16.7 Å². The molecule has 4 nitrogen and oxygen atoms in total. The number of ether oxygens (including phenoxy) is 1. The molecule has 0 unspecified atom stereocenters. The Bertz CT molecular complexity index is 334. The van der Waals surface area contributed by atoms with Crippen LogP contribution in [0.25, 0.3) is 0 Å². The SMILES string of the molecule is CCCOc1nc(NCCCSC)ccc1N. The molecule has 1 rings (SSSR count). The topological polar surface area (TPSA) is 60.2 Å². The zero-order valence-corrected chi connectivity index (χ0v) is 11.3. The quantitative estimate of drug-likeness (QED) is 0.699. The third kappa shape index (κ3) is 5.17. The number of aromatic nitrogens is 1. The second-order valence-corrected chi connectivity index (χ2v) is 4.70. The number of thioether (sulfide) groups is 1. The maximum Gasteiger partial charge on any atom is 0.239 e. The largest absolute Gasteiger partial charge is 0.476 e. The maximum atomic E-state index is 5.79. The van der Waals surface area contributed by atoms with E-state index in [-0.39, 0.29) is 0 Å². The zero-order valence-electron chi connectivity index (χ0n) is 10.5. The molecular formula is C12H21N3OS. The number of nitrogens with one attached hydrogen (secondary N) is 1. The van der Waals surface area contributed by atoms with Crippen LogP contribution in [0.15, 0.2) is 12.1 Å². The first-order valence-corrected chi connectivity index (χ1v) is 7.29. The summed E-state index contributed by atoms with van der Waals surface area (Å²) in [4.78, 5) is 4.34. The van der Waals surface area contributed by atoms with Gasteiger partial charge in [0.1, 0.15) is 5.82 Å². The van der Waals surface area contributed by atoms with Gasteiger partial charge in [-0.3, -0.25) is 0 Å². The summed E-state index contributed by atoms with van der Waals surface area (Å²) in [6.07, 6.45) is 4.18. The molecule has 1 aromatic heterocycles. The summed E-state index contributed by atoms with van der Waals surface area (Å²) in [5, 5.41) is 3.26. The normalized spacial score (nSPS) is 10.2. The highest BCUT2D eigenvalue weighted by molar-refractivity contribution is 7.98. The molecule has 5 heteroatoms. The van der Waals surface area contributed by atoms with Crippen LogP contribution in [-0.4, -0.2) is 30.1 Å².